The fourth-order valence-corrected chi connectivity index (χ4v) is 3.63. The topological polar surface area (TPSA) is 135 Å². The van der Waals surface area contributed by atoms with Gasteiger partial charge in [-0.3, -0.25) is 14.8 Å². The summed E-state index contributed by atoms with van der Waals surface area (Å²) in [5.74, 6) is -1.24. The number of hydrogen-bond donors (Lipinski definition) is 4. The maximum atomic E-state index is 13.8. The molecular weight excluding hydrogens is 512 g/mol. The number of methoxy groups -OCH3 is 1. The van der Waals surface area contributed by atoms with Crippen molar-refractivity contribution >= 4 is 34.0 Å². The van der Waals surface area contributed by atoms with Gasteiger partial charge in [0.1, 0.15) is 31.5 Å². The Morgan fingerprint density at radius 3 is 2.77 bits per heavy atom. The van der Waals surface area contributed by atoms with Gasteiger partial charge < -0.3 is 25.2 Å². The molecule has 0 saturated heterocycles. The van der Waals surface area contributed by atoms with Crippen LogP contribution in [0.4, 0.5) is 26.0 Å². The number of carbonyl (C=O) groups excluding carboxylic acids is 1. The van der Waals surface area contributed by atoms with E-state index >= 15 is 0 Å². The van der Waals surface area contributed by atoms with Gasteiger partial charge in [0, 0.05) is 24.2 Å². The molecule has 2 aromatic carbocycles. The summed E-state index contributed by atoms with van der Waals surface area (Å²) in [6.07, 6.45) is 3.84. The minimum atomic E-state index is -1.13. The summed E-state index contributed by atoms with van der Waals surface area (Å²) in [6, 6.07) is 7.02. The van der Waals surface area contributed by atoms with Crippen LogP contribution < -0.4 is 25.4 Å². The van der Waals surface area contributed by atoms with Crippen LogP contribution in [-0.4, -0.2) is 57.3 Å². The Morgan fingerprint density at radius 1 is 1.18 bits per heavy atom. The van der Waals surface area contributed by atoms with E-state index in [2.05, 4.69) is 31.0 Å². The van der Waals surface area contributed by atoms with Crippen LogP contribution in [0.5, 0.6) is 11.5 Å². The number of nitrogens with zero attached hydrogens (tertiary/aromatic N) is 4. The summed E-state index contributed by atoms with van der Waals surface area (Å²) in [5.41, 5.74) is 0.885. The minimum absolute atomic E-state index is 0.0805. The van der Waals surface area contributed by atoms with Gasteiger partial charge >= 0.3 is 0 Å². The molecule has 0 spiro atoms. The molecule has 0 bridgehead atoms. The van der Waals surface area contributed by atoms with Gasteiger partial charge in [0.05, 0.1) is 30.2 Å². The zero-order valence-electron chi connectivity index (χ0n) is 21.6. The highest BCUT2D eigenvalue weighted by Crippen LogP contribution is 2.34. The molecule has 4 rings (SSSR count). The number of aliphatic hydroxyl groups excluding tert-OH is 1. The lowest BCUT2D eigenvalue weighted by molar-refractivity contribution is -0.116. The Hall–Kier alpha value is -4.36. The van der Waals surface area contributed by atoms with Gasteiger partial charge in [-0.05, 0) is 24.1 Å². The lowest BCUT2D eigenvalue weighted by Crippen LogP contribution is -2.36. The number of ether oxygens (including phenoxy) is 2. The first kappa shape index (κ1) is 27.7. The van der Waals surface area contributed by atoms with Gasteiger partial charge in [0.2, 0.25) is 5.91 Å². The van der Waals surface area contributed by atoms with Crippen LogP contribution >= 0.6 is 0 Å². The zero-order chi connectivity index (χ0) is 27.9. The zero-order valence-corrected chi connectivity index (χ0v) is 21.6. The largest absolute Gasteiger partial charge is 0.493 e. The van der Waals surface area contributed by atoms with E-state index in [1.165, 1.54) is 36.4 Å². The molecule has 1 unspecified atom stereocenters. The Kier molecular flexibility index (Phi) is 8.84. The smallest absolute Gasteiger partial charge is 0.246 e. The number of anilines is 3. The molecule has 39 heavy (non-hydrogen) atoms. The molecular formula is C26H29F2N7O4. The Balaban J connectivity index is 1.43. The maximum absolute atomic E-state index is 13.8. The molecule has 4 N–H and O–H groups in total. The number of carbonyl (C=O) groups is 1. The average molecular weight is 542 g/mol. The molecule has 2 aromatic heterocycles. The summed E-state index contributed by atoms with van der Waals surface area (Å²) >= 11 is 0. The molecule has 0 aliphatic heterocycles. The minimum Gasteiger partial charge on any atom is -0.493 e. The second-order valence-electron chi connectivity index (χ2n) is 8.94. The number of benzene rings is 2. The predicted octanol–water partition coefficient (Wildman–Crippen LogP) is 3.44. The van der Waals surface area contributed by atoms with E-state index in [1.807, 2.05) is 13.8 Å². The quantitative estimate of drug-likeness (QED) is 0.157. The average Bonchev–Trinajstić information content (AvgIpc) is 3.35. The van der Waals surface area contributed by atoms with Gasteiger partial charge in [-0.2, -0.15) is 5.10 Å². The third-order valence-electron chi connectivity index (χ3n) is 5.69. The molecule has 4 aromatic rings. The molecule has 206 valence electrons. The van der Waals surface area contributed by atoms with Crippen LogP contribution in [0.25, 0.3) is 10.9 Å². The molecule has 11 nitrogen and oxygen atoms in total. The Bertz CT molecular complexity index is 1450. The second kappa shape index (κ2) is 12.5. The van der Waals surface area contributed by atoms with Gasteiger partial charge in [0.25, 0.3) is 0 Å². The Labute approximate surface area is 223 Å². The van der Waals surface area contributed by atoms with Gasteiger partial charge in [-0.25, -0.2) is 18.7 Å². The summed E-state index contributed by atoms with van der Waals surface area (Å²) in [4.78, 5) is 20.9. The van der Waals surface area contributed by atoms with E-state index in [4.69, 9.17) is 9.47 Å². The van der Waals surface area contributed by atoms with Gasteiger partial charge in [0.15, 0.2) is 23.1 Å². The molecule has 0 radical (unpaired) electrons. The lowest BCUT2D eigenvalue weighted by Gasteiger charge is -2.17. The van der Waals surface area contributed by atoms with Crippen molar-refractivity contribution in [2.24, 2.45) is 5.92 Å². The van der Waals surface area contributed by atoms with Crippen molar-refractivity contribution in [3.63, 3.8) is 0 Å². The van der Waals surface area contributed by atoms with E-state index in [9.17, 15) is 18.7 Å². The van der Waals surface area contributed by atoms with Crippen LogP contribution in [0.15, 0.2) is 49.1 Å². The summed E-state index contributed by atoms with van der Waals surface area (Å²) < 4.78 is 39.9. The number of nitrogens with one attached hydrogen (secondary N) is 3. The molecule has 0 aliphatic carbocycles. The van der Waals surface area contributed by atoms with E-state index < -0.39 is 23.8 Å². The van der Waals surface area contributed by atoms with Crippen LogP contribution in [0.1, 0.15) is 13.8 Å². The second-order valence-corrected chi connectivity index (χ2v) is 8.94. The maximum Gasteiger partial charge on any atom is 0.246 e. The normalized spacial score (nSPS) is 12.0. The lowest BCUT2D eigenvalue weighted by atomic mass is 10.2. The molecule has 0 aliphatic rings. The molecule has 0 fully saturated rings. The molecule has 1 amide bonds. The van der Waals surface area contributed by atoms with Crippen LogP contribution in [-0.2, 0) is 11.3 Å². The first-order valence-electron chi connectivity index (χ1n) is 12.2. The van der Waals surface area contributed by atoms with E-state index in [0.717, 1.165) is 6.07 Å². The van der Waals surface area contributed by atoms with Crippen molar-refractivity contribution in [3.8, 4) is 11.5 Å². The molecule has 2 heterocycles. The van der Waals surface area contributed by atoms with Crippen LogP contribution in [0.3, 0.4) is 0 Å². The third kappa shape index (κ3) is 6.94. The first-order valence-corrected chi connectivity index (χ1v) is 12.2. The van der Waals surface area contributed by atoms with Crippen molar-refractivity contribution < 1.29 is 28.2 Å². The Morgan fingerprint density at radius 2 is 2.00 bits per heavy atom. The third-order valence-corrected chi connectivity index (χ3v) is 5.69. The van der Waals surface area contributed by atoms with Gasteiger partial charge in [-0.15, -0.1) is 0 Å². The van der Waals surface area contributed by atoms with Crippen molar-refractivity contribution in [1.82, 2.24) is 25.1 Å². The van der Waals surface area contributed by atoms with Crippen LogP contribution in [0, 0.1) is 17.6 Å². The molecule has 1 atom stereocenters. The standard InChI is InChI=1S/C26H29F2N7O4/c1-15(2)26(37)29-7-8-39-22-10-20-17(9-21(22)38-3)25(31-14-30-20)33-16-11-32-35(12-16)13-23(36)34-19-6-4-5-18(27)24(19)28/h4-6,9-12,14-15,26,29,37H,7-8,13H2,1-3H3,(H,34,36)(H,30,31,33). The van der Waals surface area contributed by atoms with Crippen molar-refractivity contribution in [1.29, 1.82) is 0 Å². The fraction of sp³-hybridized carbons (Fsp3) is 0.308. The van der Waals surface area contributed by atoms with E-state index in [1.54, 1.807) is 18.3 Å². The number of fused-ring (bicyclic) bond motifs is 1. The van der Waals surface area contributed by atoms with Crippen LogP contribution in [0.2, 0.25) is 0 Å². The number of amides is 1. The van der Waals surface area contributed by atoms with E-state index in [0.29, 0.717) is 47.1 Å². The van der Waals surface area contributed by atoms with E-state index in [-0.39, 0.29) is 18.2 Å². The SMILES string of the molecule is COc1cc2c(Nc3cnn(CC(=O)Nc4cccc(F)c4F)c3)ncnc2cc1OCCNC(O)C(C)C. The van der Waals surface area contributed by atoms with Gasteiger partial charge in [-0.1, -0.05) is 19.9 Å². The highest BCUT2D eigenvalue weighted by Gasteiger charge is 2.15. The number of aliphatic hydroxyl groups is 1. The van der Waals surface area contributed by atoms with Crippen molar-refractivity contribution in [2.75, 3.05) is 30.9 Å². The number of aromatic nitrogens is 4. The summed E-state index contributed by atoms with van der Waals surface area (Å²) in [6.45, 7) is 4.35. The highest BCUT2D eigenvalue weighted by molar-refractivity contribution is 5.93. The van der Waals surface area contributed by atoms with Crippen molar-refractivity contribution in [2.45, 2.75) is 26.6 Å². The summed E-state index contributed by atoms with van der Waals surface area (Å²) in [5, 5.41) is 23.1. The van der Waals surface area contributed by atoms with Crippen molar-refractivity contribution in [3.05, 3.63) is 60.7 Å². The highest BCUT2D eigenvalue weighted by atomic mass is 19.2. The summed E-state index contributed by atoms with van der Waals surface area (Å²) in [7, 11) is 1.52. The number of hydrogen-bond acceptors (Lipinski definition) is 9. The first-order chi connectivity index (χ1) is 18.7. The fourth-order valence-electron chi connectivity index (χ4n) is 3.63. The molecule has 13 heteroatoms. The number of halogens is 2. The predicted molar refractivity (Wildman–Crippen MR) is 141 cm³/mol. The monoisotopic (exact) mass is 541 g/mol. The number of rotatable bonds is 12. The molecule has 0 saturated carbocycles.